The number of rotatable bonds is 4. The maximum atomic E-state index is 12.6. The van der Waals surface area contributed by atoms with Gasteiger partial charge in [0.1, 0.15) is 11.5 Å². The normalized spacial score (nSPS) is 10.5. The third-order valence-corrected chi connectivity index (χ3v) is 4.11. The number of aromatic nitrogens is 2. The van der Waals surface area contributed by atoms with Crippen LogP contribution in [0.4, 0.5) is 0 Å². The molecular weight excluding hydrogens is 350 g/mol. The van der Waals surface area contributed by atoms with E-state index in [-0.39, 0.29) is 0 Å². The Morgan fingerprint density at radius 1 is 1.23 bits per heavy atom. The first-order valence-electron chi connectivity index (χ1n) is 7.98. The molecule has 6 nitrogen and oxygen atoms in total. The second kappa shape index (κ2) is 7.41. The molecule has 0 aliphatic carbocycles. The summed E-state index contributed by atoms with van der Waals surface area (Å²) in [6.07, 6.45) is 0. The van der Waals surface area contributed by atoms with E-state index < -0.39 is 11.9 Å². The van der Waals surface area contributed by atoms with Crippen molar-refractivity contribution >= 4 is 23.5 Å². The van der Waals surface area contributed by atoms with Crippen molar-refractivity contribution in [2.45, 2.75) is 13.5 Å². The summed E-state index contributed by atoms with van der Waals surface area (Å²) in [7, 11) is 0. The van der Waals surface area contributed by atoms with E-state index in [0.717, 1.165) is 11.1 Å². The van der Waals surface area contributed by atoms with Gasteiger partial charge in [-0.25, -0.2) is 4.98 Å². The van der Waals surface area contributed by atoms with Crippen molar-refractivity contribution < 1.29 is 4.79 Å². The van der Waals surface area contributed by atoms with E-state index >= 15 is 0 Å². The number of nitrogens with two attached hydrogens (primary N) is 1. The average molecular weight is 368 g/mol. The third kappa shape index (κ3) is 3.75. The van der Waals surface area contributed by atoms with Gasteiger partial charge in [0.05, 0.1) is 5.69 Å². The average Bonchev–Trinajstić information content (AvgIpc) is 2.91. The molecule has 3 rings (SSSR count). The minimum atomic E-state index is -0.466. The molecule has 26 heavy (non-hydrogen) atoms. The van der Waals surface area contributed by atoms with E-state index in [1.807, 2.05) is 47.0 Å². The molecule has 1 heterocycles. The first-order chi connectivity index (χ1) is 12.5. The first-order valence-corrected chi connectivity index (χ1v) is 8.36. The molecule has 1 aromatic heterocycles. The van der Waals surface area contributed by atoms with Crippen molar-refractivity contribution in [1.82, 2.24) is 14.9 Å². The van der Waals surface area contributed by atoms with Gasteiger partial charge in [0.15, 0.2) is 5.96 Å². The number of hydrogen-bond acceptors (Lipinski definition) is 3. The van der Waals surface area contributed by atoms with Crippen LogP contribution >= 0.6 is 11.6 Å². The maximum absolute atomic E-state index is 12.6. The van der Waals surface area contributed by atoms with Gasteiger partial charge in [-0.05, 0) is 24.6 Å². The minimum Gasteiger partial charge on any atom is -0.370 e. The Balaban J connectivity index is 2.15. The van der Waals surface area contributed by atoms with Crippen molar-refractivity contribution in [3.05, 3.63) is 76.6 Å². The van der Waals surface area contributed by atoms with Crippen LogP contribution in [0.15, 0.2) is 54.6 Å². The van der Waals surface area contributed by atoms with Crippen molar-refractivity contribution in [3.8, 4) is 11.4 Å². The van der Waals surface area contributed by atoms with Gasteiger partial charge in [0, 0.05) is 17.1 Å². The number of amides is 1. The van der Waals surface area contributed by atoms with Crippen LogP contribution in [0.25, 0.3) is 11.4 Å². The summed E-state index contributed by atoms with van der Waals surface area (Å²) in [5, 5.41) is 10.3. The molecule has 3 aromatic rings. The number of imidazole rings is 1. The van der Waals surface area contributed by atoms with E-state index in [2.05, 4.69) is 10.3 Å². The predicted molar refractivity (Wildman–Crippen MR) is 102 cm³/mol. The molecular formula is C19H18ClN5O. The third-order valence-electron chi connectivity index (χ3n) is 3.87. The zero-order chi connectivity index (χ0) is 18.7. The molecule has 7 heteroatoms. The summed E-state index contributed by atoms with van der Waals surface area (Å²) in [6, 6.07) is 17.1. The van der Waals surface area contributed by atoms with Crippen LogP contribution in [0.1, 0.15) is 21.7 Å². The van der Waals surface area contributed by atoms with Crippen LogP contribution in [0.5, 0.6) is 0 Å². The van der Waals surface area contributed by atoms with Crippen LogP contribution in [-0.2, 0) is 6.54 Å². The highest BCUT2D eigenvalue weighted by molar-refractivity contribution is 6.30. The number of carbonyl (C=O) groups is 1. The lowest BCUT2D eigenvalue weighted by Crippen LogP contribution is -2.37. The SMILES string of the molecule is Cc1nc(-c2cccc(Cl)c2)n(Cc2ccccc2)c1C(=O)NC(=N)N. The molecule has 132 valence electrons. The van der Waals surface area contributed by atoms with Gasteiger partial charge in [-0.1, -0.05) is 54.1 Å². The fourth-order valence-electron chi connectivity index (χ4n) is 2.81. The Morgan fingerprint density at radius 2 is 1.96 bits per heavy atom. The molecule has 4 N–H and O–H groups in total. The van der Waals surface area contributed by atoms with Gasteiger partial charge < -0.3 is 10.3 Å². The Hall–Kier alpha value is -3.12. The van der Waals surface area contributed by atoms with E-state index in [4.69, 9.17) is 22.7 Å². The lowest BCUT2D eigenvalue weighted by molar-refractivity contribution is 0.0967. The quantitative estimate of drug-likeness (QED) is 0.488. The molecule has 0 atom stereocenters. The highest BCUT2D eigenvalue weighted by atomic mass is 35.5. The van der Waals surface area contributed by atoms with Gasteiger partial charge in [0.2, 0.25) is 0 Å². The van der Waals surface area contributed by atoms with Gasteiger partial charge in [-0.3, -0.25) is 15.5 Å². The van der Waals surface area contributed by atoms with Gasteiger partial charge >= 0.3 is 0 Å². The molecule has 0 saturated carbocycles. The standard InChI is InChI=1S/C19H18ClN5O/c1-12-16(18(26)24-19(21)22)25(11-13-6-3-2-4-7-13)17(23-12)14-8-5-9-15(20)10-14/h2-10H,11H2,1H3,(H4,21,22,24,26). The van der Waals surface area contributed by atoms with Gasteiger partial charge in [-0.2, -0.15) is 0 Å². The molecule has 0 unspecified atom stereocenters. The topological polar surface area (TPSA) is 96.8 Å². The molecule has 0 aliphatic rings. The molecule has 0 aliphatic heterocycles. The summed E-state index contributed by atoms with van der Waals surface area (Å²) in [5.41, 5.74) is 8.06. The van der Waals surface area contributed by atoms with Crippen molar-refractivity contribution in [3.63, 3.8) is 0 Å². The fourth-order valence-corrected chi connectivity index (χ4v) is 3.00. The minimum absolute atomic E-state index is 0.360. The predicted octanol–water partition coefficient (Wildman–Crippen LogP) is 3.18. The summed E-state index contributed by atoms with van der Waals surface area (Å²) in [4.78, 5) is 17.2. The van der Waals surface area contributed by atoms with E-state index in [0.29, 0.717) is 28.8 Å². The lowest BCUT2D eigenvalue weighted by Gasteiger charge is -2.13. The molecule has 0 radical (unpaired) electrons. The maximum Gasteiger partial charge on any atom is 0.276 e. The Labute approximate surface area is 156 Å². The molecule has 2 aromatic carbocycles. The van der Waals surface area contributed by atoms with Crippen LogP contribution < -0.4 is 11.1 Å². The largest absolute Gasteiger partial charge is 0.370 e. The first kappa shape index (κ1) is 17.7. The molecule has 1 amide bonds. The monoisotopic (exact) mass is 367 g/mol. The number of halogens is 1. The van der Waals surface area contributed by atoms with E-state index in [1.54, 1.807) is 19.1 Å². The highest BCUT2D eigenvalue weighted by Crippen LogP contribution is 2.26. The van der Waals surface area contributed by atoms with Crippen molar-refractivity contribution in [1.29, 1.82) is 5.41 Å². The summed E-state index contributed by atoms with van der Waals surface area (Å²) in [6.45, 7) is 2.20. The van der Waals surface area contributed by atoms with Crippen LogP contribution in [0.2, 0.25) is 5.02 Å². The number of benzene rings is 2. The number of guanidine groups is 1. The summed E-state index contributed by atoms with van der Waals surface area (Å²) < 4.78 is 1.81. The molecule has 0 spiro atoms. The Bertz CT molecular complexity index is 965. The summed E-state index contributed by atoms with van der Waals surface area (Å²) in [5.74, 6) is -0.250. The zero-order valence-corrected chi connectivity index (χ0v) is 14.9. The Morgan fingerprint density at radius 3 is 2.62 bits per heavy atom. The summed E-state index contributed by atoms with van der Waals surface area (Å²) >= 11 is 6.12. The second-order valence-corrected chi connectivity index (χ2v) is 6.26. The van der Waals surface area contributed by atoms with Gasteiger partial charge in [-0.15, -0.1) is 0 Å². The fraction of sp³-hybridized carbons (Fsp3) is 0.105. The number of carbonyl (C=O) groups excluding carboxylic acids is 1. The highest BCUT2D eigenvalue weighted by Gasteiger charge is 2.22. The van der Waals surface area contributed by atoms with Crippen molar-refractivity contribution in [2.24, 2.45) is 5.73 Å². The smallest absolute Gasteiger partial charge is 0.276 e. The number of nitrogens with zero attached hydrogens (tertiary/aromatic N) is 2. The zero-order valence-electron chi connectivity index (χ0n) is 14.2. The number of hydrogen-bond donors (Lipinski definition) is 3. The second-order valence-electron chi connectivity index (χ2n) is 5.82. The molecule has 0 bridgehead atoms. The molecule has 0 saturated heterocycles. The number of aryl methyl sites for hydroxylation is 1. The van der Waals surface area contributed by atoms with Gasteiger partial charge in [0.25, 0.3) is 5.91 Å². The number of nitrogens with one attached hydrogen (secondary N) is 2. The Kier molecular flexibility index (Phi) is 5.04. The van der Waals surface area contributed by atoms with Crippen LogP contribution in [-0.4, -0.2) is 21.4 Å². The van der Waals surface area contributed by atoms with Crippen LogP contribution in [0, 0.1) is 12.3 Å². The van der Waals surface area contributed by atoms with Crippen LogP contribution in [0.3, 0.4) is 0 Å². The van der Waals surface area contributed by atoms with E-state index in [9.17, 15) is 4.79 Å². The lowest BCUT2D eigenvalue weighted by atomic mass is 10.2. The van der Waals surface area contributed by atoms with E-state index in [1.165, 1.54) is 0 Å². The molecule has 0 fully saturated rings. The van der Waals surface area contributed by atoms with Crippen molar-refractivity contribution in [2.75, 3.05) is 0 Å².